The van der Waals surface area contributed by atoms with Gasteiger partial charge in [0.2, 0.25) is 12.7 Å². The number of nitrogens with one attached hydrogen (secondary N) is 1. The van der Waals surface area contributed by atoms with E-state index in [9.17, 15) is 4.79 Å². The van der Waals surface area contributed by atoms with Crippen molar-refractivity contribution in [2.24, 2.45) is 0 Å². The largest absolute Gasteiger partial charge is 0.454 e. The summed E-state index contributed by atoms with van der Waals surface area (Å²) >= 11 is 0. The number of hydrogen-bond acceptors (Lipinski definition) is 3. The maximum Gasteiger partial charge on any atom is 0.231 e. The average molecular weight is 191 g/mol. The molecule has 14 heavy (non-hydrogen) atoms. The molecule has 0 radical (unpaired) electrons. The van der Waals surface area contributed by atoms with Gasteiger partial charge in [0.25, 0.3) is 0 Å². The van der Waals surface area contributed by atoms with Crippen LogP contribution in [0.1, 0.15) is 11.1 Å². The zero-order valence-corrected chi connectivity index (χ0v) is 7.50. The lowest BCUT2D eigenvalue weighted by atomic mass is 10.00. The summed E-state index contributed by atoms with van der Waals surface area (Å²) < 4.78 is 10.5. The molecule has 2 heterocycles. The third kappa shape index (κ3) is 1.04. The standard InChI is InChI=1S/C10H9NO3/c12-10-3-6-1-8-9(14-5-13-8)2-7(6)4-11-10/h1-2H,3-5H2,(H,11,12). The topological polar surface area (TPSA) is 47.6 Å². The number of amides is 1. The van der Waals surface area contributed by atoms with E-state index in [1.54, 1.807) is 0 Å². The summed E-state index contributed by atoms with van der Waals surface area (Å²) in [4.78, 5) is 11.1. The van der Waals surface area contributed by atoms with E-state index in [4.69, 9.17) is 9.47 Å². The molecule has 0 bridgehead atoms. The fourth-order valence-corrected chi connectivity index (χ4v) is 1.78. The van der Waals surface area contributed by atoms with E-state index in [0.717, 1.165) is 22.6 Å². The summed E-state index contributed by atoms with van der Waals surface area (Å²) in [7, 11) is 0. The Kier molecular flexibility index (Phi) is 1.45. The molecule has 1 N–H and O–H groups in total. The number of rotatable bonds is 0. The van der Waals surface area contributed by atoms with Gasteiger partial charge < -0.3 is 14.8 Å². The van der Waals surface area contributed by atoms with Gasteiger partial charge in [-0.15, -0.1) is 0 Å². The van der Waals surface area contributed by atoms with Crippen molar-refractivity contribution in [3.8, 4) is 11.5 Å². The summed E-state index contributed by atoms with van der Waals surface area (Å²) in [5.74, 6) is 1.59. The van der Waals surface area contributed by atoms with Crippen LogP contribution in [0.3, 0.4) is 0 Å². The number of benzene rings is 1. The van der Waals surface area contributed by atoms with Gasteiger partial charge in [-0.1, -0.05) is 0 Å². The van der Waals surface area contributed by atoms with Gasteiger partial charge >= 0.3 is 0 Å². The quantitative estimate of drug-likeness (QED) is 0.652. The van der Waals surface area contributed by atoms with Gasteiger partial charge in [-0.3, -0.25) is 4.79 Å². The number of carbonyl (C=O) groups is 1. The SMILES string of the molecule is O=C1Cc2cc3c(cc2CN1)OCO3. The molecule has 72 valence electrons. The van der Waals surface area contributed by atoms with Crippen LogP contribution in [0.4, 0.5) is 0 Å². The lowest BCUT2D eigenvalue weighted by Gasteiger charge is -2.16. The lowest BCUT2D eigenvalue weighted by molar-refractivity contribution is -0.121. The van der Waals surface area contributed by atoms with E-state index in [0.29, 0.717) is 13.0 Å². The third-order valence-corrected chi connectivity index (χ3v) is 2.52. The summed E-state index contributed by atoms with van der Waals surface area (Å²) in [6.45, 7) is 0.865. The Labute approximate surface area is 80.8 Å². The zero-order chi connectivity index (χ0) is 9.54. The molecular weight excluding hydrogens is 182 g/mol. The fourth-order valence-electron chi connectivity index (χ4n) is 1.78. The first-order valence-corrected chi connectivity index (χ1v) is 4.51. The van der Waals surface area contributed by atoms with E-state index in [2.05, 4.69) is 5.32 Å². The van der Waals surface area contributed by atoms with Crippen molar-refractivity contribution in [3.63, 3.8) is 0 Å². The predicted molar refractivity (Wildman–Crippen MR) is 48.1 cm³/mol. The van der Waals surface area contributed by atoms with E-state index in [-0.39, 0.29) is 12.7 Å². The molecule has 1 aromatic rings. The second kappa shape index (κ2) is 2.64. The number of carbonyl (C=O) groups excluding carboxylic acids is 1. The van der Waals surface area contributed by atoms with Crippen LogP contribution < -0.4 is 14.8 Å². The zero-order valence-electron chi connectivity index (χ0n) is 7.50. The predicted octanol–water partition coefficient (Wildman–Crippen LogP) is 0.588. The van der Waals surface area contributed by atoms with Crippen molar-refractivity contribution in [3.05, 3.63) is 23.3 Å². The number of fused-ring (bicyclic) bond motifs is 2. The second-order valence-corrected chi connectivity index (χ2v) is 3.43. The molecule has 0 spiro atoms. The Hall–Kier alpha value is -1.71. The molecule has 3 rings (SSSR count). The molecule has 0 unspecified atom stereocenters. The minimum Gasteiger partial charge on any atom is -0.454 e. The maximum absolute atomic E-state index is 11.1. The van der Waals surface area contributed by atoms with E-state index < -0.39 is 0 Å². The summed E-state index contributed by atoms with van der Waals surface area (Å²) in [5, 5.41) is 2.79. The molecule has 1 aromatic carbocycles. The first-order valence-electron chi connectivity index (χ1n) is 4.51. The van der Waals surface area contributed by atoms with Crippen LogP contribution in [-0.4, -0.2) is 12.7 Å². The third-order valence-electron chi connectivity index (χ3n) is 2.52. The van der Waals surface area contributed by atoms with Crippen LogP contribution in [0.2, 0.25) is 0 Å². The van der Waals surface area contributed by atoms with Crippen LogP contribution in [0.5, 0.6) is 11.5 Å². The Balaban J connectivity index is 2.10. The summed E-state index contributed by atoms with van der Waals surface area (Å²) in [6.07, 6.45) is 0.436. The van der Waals surface area contributed by atoms with Crippen molar-refractivity contribution in [1.82, 2.24) is 5.32 Å². The van der Waals surface area contributed by atoms with Crippen molar-refractivity contribution in [2.75, 3.05) is 6.79 Å². The van der Waals surface area contributed by atoms with Gasteiger partial charge in [0, 0.05) is 6.54 Å². The Morgan fingerprint density at radius 2 is 1.86 bits per heavy atom. The first-order chi connectivity index (χ1) is 6.83. The molecule has 0 saturated heterocycles. The van der Waals surface area contributed by atoms with Gasteiger partial charge in [-0.2, -0.15) is 0 Å². The van der Waals surface area contributed by atoms with Gasteiger partial charge in [-0.05, 0) is 23.3 Å². The normalized spacial score (nSPS) is 17.6. The highest BCUT2D eigenvalue weighted by atomic mass is 16.7. The van der Waals surface area contributed by atoms with Crippen molar-refractivity contribution >= 4 is 5.91 Å². The monoisotopic (exact) mass is 191 g/mol. The molecule has 0 aliphatic carbocycles. The van der Waals surface area contributed by atoms with E-state index in [1.165, 1.54) is 0 Å². The Bertz CT molecular complexity index is 414. The van der Waals surface area contributed by atoms with E-state index >= 15 is 0 Å². The minimum absolute atomic E-state index is 0.0661. The molecule has 2 aliphatic rings. The molecular formula is C10H9NO3. The molecule has 4 nitrogen and oxygen atoms in total. The molecule has 1 amide bonds. The van der Waals surface area contributed by atoms with Crippen LogP contribution in [0.25, 0.3) is 0 Å². The fraction of sp³-hybridized carbons (Fsp3) is 0.300. The van der Waals surface area contributed by atoms with E-state index in [1.807, 2.05) is 12.1 Å². The molecule has 0 saturated carbocycles. The van der Waals surface area contributed by atoms with Crippen molar-refractivity contribution in [1.29, 1.82) is 0 Å². The molecule has 4 heteroatoms. The van der Waals surface area contributed by atoms with Gasteiger partial charge in [0.15, 0.2) is 11.5 Å². The number of hydrogen-bond donors (Lipinski definition) is 1. The van der Waals surface area contributed by atoms with Gasteiger partial charge in [0.05, 0.1) is 6.42 Å². The van der Waals surface area contributed by atoms with Gasteiger partial charge in [-0.25, -0.2) is 0 Å². The first kappa shape index (κ1) is 7.67. The molecule has 2 aliphatic heterocycles. The summed E-state index contributed by atoms with van der Waals surface area (Å²) in [6, 6.07) is 3.84. The van der Waals surface area contributed by atoms with Gasteiger partial charge in [0.1, 0.15) is 0 Å². The molecule has 0 atom stereocenters. The highest BCUT2D eigenvalue weighted by molar-refractivity contribution is 5.81. The van der Waals surface area contributed by atoms with Crippen molar-refractivity contribution < 1.29 is 14.3 Å². The lowest BCUT2D eigenvalue weighted by Crippen LogP contribution is -2.30. The Morgan fingerprint density at radius 1 is 1.14 bits per heavy atom. The second-order valence-electron chi connectivity index (χ2n) is 3.43. The van der Waals surface area contributed by atoms with Crippen LogP contribution >= 0.6 is 0 Å². The molecule has 0 aromatic heterocycles. The minimum atomic E-state index is 0.0661. The van der Waals surface area contributed by atoms with Crippen LogP contribution in [0.15, 0.2) is 12.1 Å². The smallest absolute Gasteiger partial charge is 0.231 e. The van der Waals surface area contributed by atoms with Crippen molar-refractivity contribution in [2.45, 2.75) is 13.0 Å². The summed E-state index contributed by atoms with van der Waals surface area (Å²) in [5.41, 5.74) is 2.16. The molecule has 0 fully saturated rings. The average Bonchev–Trinajstić information content (AvgIpc) is 2.61. The number of ether oxygens (including phenoxy) is 2. The highest BCUT2D eigenvalue weighted by Crippen LogP contribution is 2.35. The van der Waals surface area contributed by atoms with Crippen LogP contribution in [0, 0.1) is 0 Å². The Morgan fingerprint density at radius 3 is 2.64 bits per heavy atom. The highest BCUT2D eigenvalue weighted by Gasteiger charge is 2.21. The van der Waals surface area contributed by atoms with Crippen LogP contribution in [-0.2, 0) is 17.8 Å². The maximum atomic E-state index is 11.1.